The second kappa shape index (κ2) is 8.48. The van der Waals surface area contributed by atoms with E-state index in [4.69, 9.17) is 5.14 Å². The quantitative estimate of drug-likeness (QED) is 0.728. The third-order valence-electron chi connectivity index (χ3n) is 3.57. The maximum atomic E-state index is 11.2. The normalized spacial score (nSPS) is 13.6. The molecule has 1 atom stereocenters. The van der Waals surface area contributed by atoms with Crippen LogP contribution in [0.4, 0.5) is 0 Å². The van der Waals surface area contributed by atoms with Crippen molar-refractivity contribution in [3.05, 3.63) is 29.8 Å². The molecule has 1 aromatic rings. The number of primary sulfonamides is 1. The predicted molar refractivity (Wildman–Crippen MR) is 86.6 cm³/mol. The SMILES string of the molecule is CCCN(CC)CCNC(C)c1ccc(S(N)(=O)=O)cc1. The van der Waals surface area contributed by atoms with Gasteiger partial charge in [-0.2, -0.15) is 0 Å². The van der Waals surface area contributed by atoms with Gasteiger partial charge in [-0.3, -0.25) is 0 Å². The van der Waals surface area contributed by atoms with Crippen LogP contribution >= 0.6 is 0 Å². The summed E-state index contributed by atoms with van der Waals surface area (Å²) in [5, 5.41) is 8.55. The first-order valence-corrected chi connectivity index (χ1v) is 9.01. The van der Waals surface area contributed by atoms with Gasteiger partial charge in [-0.05, 0) is 44.1 Å². The molecule has 0 fully saturated rings. The number of likely N-dealkylation sites (N-methyl/N-ethyl adjacent to an activating group) is 1. The van der Waals surface area contributed by atoms with Gasteiger partial charge in [0.1, 0.15) is 0 Å². The zero-order valence-corrected chi connectivity index (χ0v) is 14.0. The molecule has 5 nitrogen and oxygen atoms in total. The summed E-state index contributed by atoms with van der Waals surface area (Å²) in [5.74, 6) is 0. The Morgan fingerprint density at radius 1 is 1.19 bits per heavy atom. The van der Waals surface area contributed by atoms with Gasteiger partial charge in [0.15, 0.2) is 0 Å². The highest BCUT2D eigenvalue weighted by molar-refractivity contribution is 7.89. The smallest absolute Gasteiger partial charge is 0.238 e. The van der Waals surface area contributed by atoms with Gasteiger partial charge in [-0.1, -0.05) is 26.0 Å². The molecule has 1 unspecified atom stereocenters. The molecule has 120 valence electrons. The Morgan fingerprint density at radius 2 is 1.81 bits per heavy atom. The standard InChI is InChI=1S/C15H27N3O2S/c1-4-11-18(5-2)12-10-17-13(3)14-6-8-15(9-7-14)21(16,19)20/h6-9,13,17H,4-5,10-12H2,1-3H3,(H2,16,19,20). The molecule has 0 aliphatic heterocycles. The molecule has 0 saturated carbocycles. The summed E-state index contributed by atoms with van der Waals surface area (Å²) >= 11 is 0. The second-order valence-corrected chi connectivity index (χ2v) is 6.79. The van der Waals surface area contributed by atoms with Crippen LogP contribution in [0.2, 0.25) is 0 Å². The fourth-order valence-corrected chi connectivity index (χ4v) is 2.76. The fraction of sp³-hybridized carbons (Fsp3) is 0.600. The minimum atomic E-state index is -3.61. The molecule has 1 rings (SSSR count). The van der Waals surface area contributed by atoms with E-state index in [2.05, 4.69) is 31.0 Å². The van der Waals surface area contributed by atoms with Crippen LogP contribution in [0.3, 0.4) is 0 Å². The van der Waals surface area contributed by atoms with Crippen LogP contribution < -0.4 is 10.5 Å². The molecule has 6 heteroatoms. The van der Waals surface area contributed by atoms with Crippen molar-refractivity contribution in [2.75, 3.05) is 26.2 Å². The van der Waals surface area contributed by atoms with Crippen molar-refractivity contribution in [2.24, 2.45) is 5.14 Å². The third kappa shape index (κ3) is 6.13. The summed E-state index contributed by atoms with van der Waals surface area (Å²) in [6.07, 6.45) is 1.17. The second-order valence-electron chi connectivity index (χ2n) is 5.22. The summed E-state index contributed by atoms with van der Waals surface area (Å²) in [4.78, 5) is 2.56. The molecule has 3 N–H and O–H groups in total. The summed E-state index contributed by atoms with van der Waals surface area (Å²) in [5.41, 5.74) is 1.06. The van der Waals surface area contributed by atoms with E-state index in [0.717, 1.165) is 31.7 Å². The third-order valence-corrected chi connectivity index (χ3v) is 4.50. The maximum Gasteiger partial charge on any atom is 0.238 e. The summed E-state index contributed by atoms with van der Waals surface area (Å²) < 4.78 is 22.4. The number of hydrogen-bond donors (Lipinski definition) is 2. The van der Waals surface area contributed by atoms with Crippen molar-refractivity contribution >= 4 is 10.0 Å². The predicted octanol–water partition coefficient (Wildman–Crippen LogP) is 1.72. The molecule has 0 heterocycles. The topological polar surface area (TPSA) is 75.4 Å². The largest absolute Gasteiger partial charge is 0.309 e. The van der Waals surface area contributed by atoms with Crippen LogP contribution in [0, 0.1) is 0 Å². The Labute approximate surface area is 128 Å². The molecule has 1 aromatic carbocycles. The molecule has 0 amide bonds. The number of rotatable bonds is 9. The Kier molecular flexibility index (Phi) is 7.31. The van der Waals surface area contributed by atoms with Crippen LogP contribution in [-0.4, -0.2) is 39.5 Å². The Bertz CT molecular complexity index is 514. The Balaban J connectivity index is 2.50. The van der Waals surface area contributed by atoms with E-state index >= 15 is 0 Å². The number of hydrogen-bond acceptors (Lipinski definition) is 4. The number of benzene rings is 1. The minimum Gasteiger partial charge on any atom is -0.309 e. The van der Waals surface area contributed by atoms with Crippen molar-refractivity contribution in [1.29, 1.82) is 0 Å². The molecule has 21 heavy (non-hydrogen) atoms. The van der Waals surface area contributed by atoms with Crippen LogP contribution in [0.25, 0.3) is 0 Å². The Morgan fingerprint density at radius 3 is 2.29 bits per heavy atom. The average Bonchev–Trinajstić information content (AvgIpc) is 2.45. The van der Waals surface area contributed by atoms with Gasteiger partial charge in [0, 0.05) is 19.1 Å². The Hall–Kier alpha value is -0.950. The van der Waals surface area contributed by atoms with Crippen molar-refractivity contribution in [1.82, 2.24) is 10.2 Å². The molecule has 0 radical (unpaired) electrons. The molecule has 0 aliphatic rings. The summed E-state index contributed by atoms with van der Waals surface area (Å²) in [6.45, 7) is 10.5. The molecule has 0 bridgehead atoms. The molecule has 0 saturated heterocycles. The first-order chi connectivity index (χ1) is 9.88. The lowest BCUT2D eigenvalue weighted by molar-refractivity contribution is 0.284. The van der Waals surface area contributed by atoms with Crippen molar-refractivity contribution in [3.8, 4) is 0 Å². The van der Waals surface area contributed by atoms with Gasteiger partial charge in [0.2, 0.25) is 10.0 Å². The lowest BCUT2D eigenvalue weighted by atomic mass is 10.1. The maximum absolute atomic E-state index is 11.2. The fourth-order valence-electron chi connectivity index (χ4n) is 2.25. The number of nitrogens with zero attached hydrogens (tertiary/aromatic N) is 1. The number of sulfonamides is 1. The summed E-state index contributed by atoms with van der Waals surface area (Å²) in [6, 6.07) is 6.90. The van der Waals surface area contributed by atoms with Gasteiger partial charge in [-0.15, -0.1) is 0 Å². The van der Waals surface area contributed by atoms with Gasteiger partial charge >= 0.3 is 0 Å². The van der Waals surface area contributed by atoms with Crippen molar-refractivity contribution in [2.45, 2.75) is 38.1 Å². The van der Waals surface area contributed by atoms with E-state index in [-0.39, 0.29) is 10.9 Å². The lowest BCUT2D eigenvalue weighted by Crippen LogP contribution is -2.33. The summed E-state index contributed by atoms with van der Waals surface area (Å²) in [7, 11) is -3.61. The van der Waals surface area contributed by atoms with E-state index < -0.39 is 10.0 Å². The van der Waals surface area contributed by atoms with Gasteiger partial charge in [0.25, 0.3) is 0 Å². The minimum absolute atomic E-state index is 0.151. The van der Waals surface area contributed by atoms with E-state index in [1.54, 1.807) is 24.3 Å². The van der Waals surface area contributed by atoms with Crippen LogP contribution in [0.1, 0.15) is 38.8 Å². The lowest BCUT2D eigenvalue weighted by Gasteiger charge is -2.21. The van der Waals surface area contributed by atoms with Crippen molar-refractivity contribution in [3.63, 3.8) is 0 Å². The molecule has 0 aromatic heterocycles. The van der Waals surface area contributed by atoms with Gasteiger partial charge < -0.3 is 10.2 Å². The van der Waals surface area contributed by atoms with Gasteiger partial charge in [-0.25, -0.2) is 13.6 Å². The van der Waals surface area contributed by atoms with Crippen molar-refractivity contribution < 1.29 is 8.42 Å². The monoisotopic (exact) mass is 313 g/mol. The number of nitrogens with two attached hydrogens (primary N) is 1. The molecule has 0 spiro atoms. The van der Waals surface area contributed by atoms with E-state index in [1.807, 2.05) is 0 Å². The van der Waals surface area contributed by atoms with Crippen LogP contribution in [0.15, 0.2) is 29.2 Å². The average molecular weight is 313 g/mol. The molecular weight excluding hydrogens is 286 g/mol. The number of nitrogens with one attached hydrogen (secondary N) is 1. The molecule has 0 aliphatic carbocycles. The van der Waals surface area contributed by atoms with E-state index in [1.165, 1.54) is 6.42 Å². The zero-order valence-electron chi connectivity index (χ0n) is 13.2. The zero-order chi connectivity index (χ0) is 15.9. The van der Waals surface area contributed by atoms with E-state index in [0.29, 0.717) is 0 Å². The molecular formula is C15H27N3O2S. The van der Waals surface area contributed by atoms with Crippen LogP contribution in [0.5, 0.6) is 0 Å². The van der Waals surface area contributed by atoms with E-state index in [9.17, 15) is 8.42 Å². The first-order valence-electron chi connectivity index (χ1n) is 7.47. The van der Waals surface area contributed by atoms with Gasteiger partial charge in [0.05, 0.1) is 4.90 Å². The highest BCUT2D eigenvalue weighted by Gasteiger charge is 2.10. The highest BCUT2D eigenvalue weighted by Crippen LogP contribution is 2.15. The highest BCUT2D eigenvalue weighted by atomic mass is 32.2. The van der Waals surface area contributed by atoms with Crippen LogP contribution in [-0.2, 0) is 10.0 Å². The first kappa shape index (κ1) is 18.1.